The highest BCUT2D eigenvalue weighted by Gasteiger charge is 2.18. The lowest BCUT2D eigenvalue weighted by atomic mass is 10.1. The smallest absolute Gasteiger partial charge is 0.336 e. The number of carboxylic acids is 2. The van der Waals surface area contributed by atoms with Gasteiger partial charge in [0.05, 0.1) is 22.4 Å². The summed E-state index contributed by atoms with van der Waals surface area (Å²) in [6.07, 6.45) is 0. The van der Waals surface area contributed by atoms with E-state index >= 15 is 0 Å². The molecular formula is C21H14INO6. The first-order valence-electron chi connectivity index (χ1n) is 8.30. The molecule has 0 aliphatic carbocycles. The lowest BCUT2D eigenvalue weighted by Crippen LogP contribution is -2.14. The van der Waals surface area contributed by atoms with E-state index in [4.69, 9.17) is 9.84 Å². The number of carbonyl (C=O) groups excluding carboxylic acids is 1. The maximum Gasteiger partial charge on any atom is 0.336 e. The Morgan fingerprint density at radius 3 is 2.14 bits per heavy atom. The zero-order valence-corrected chi connectivity index (χ0v) is 16.9. The summed E-state index contributed by atoms with van der Waals surface area (Å²) in [6, 6.07) is 17.4. The summed E-state index contributed by atoms with van der Waals surface area (Å²) in [5.41, 5.74) is 0.152. The molecule has 7 nitrogen and oxygen atoms in total. The fraction of sp³-hybridized carbons (Fsp3) is 0. The van der Waals surface area contributed by atoms with E-state index in [9.17, 15) is 19.5 Å². The van der Waals surface area contributed by atoms with E-state index in [0.717, 1.165) is 15.7 Å². The third-order valence-corrected chi connectivity index (χ3v) is 4.87. The van der Waals surface area contributed by atoms with Crippen molar-refractivity contribution in [1.29, 1.82) is 0 Å². The molecule has 3 N–H and O–H groups in total. The Kier molecular flexibility index (Phi) is 6.13. The predicted octanol–water partition coefficient (Wildman–Crippen LogP) is 4.73. The highest BCUT2D eigenvalue weighted by Crippen LogP contribution is 2.31. The third kappa shape index (κ3) is 4.72. The zero-order chi connectivity index (χ0) is 21.0. The number of amides is 1. The number of aromatic carboxylic acids is 2. The second kappa shape index (κ2) is 8.74. The van der Waals surface area contributed by atoms with Crippen LogP contribution in [0.15, 0.2) is 66.7 Å². The molecule has 0 aromatic heterocycles. The van der Waals surface area contributed by atoms with Gasteiger partial charge < -0.3 is 20.3 Å². The molecule has 0 bridgehead atoms. The van der Waals surface area contributed by atoms with Crippen LogP contribution < -0.4 is 10.1 Å². The van der Waals surface area contributed by atoms with Gasteiger partial charge in [-0.25, -0.2) is 9.59 Å². The van der Waals surface area contributed by atoms with Gasteiger partial charge in [0.2, 0.25) is 0 Å². The Hall–Kier alpha value is -3.40. The molecule has 0 aliphatic rings. The second-order valence-corrected chi connectivity index (χ2v) is 7.01. The number of anilines is 1. The second-order valence-electron chi connectivity index (χ2n) is 5.85. The number of carboxylic acid groups (broad SMARTS) is 2. The number of benzene rings is 3. The summed E-state index contributed by atoms with van der Waals surface area (Å²) < 4.78 is 6.52. The molecule has 146 valence electrons. The molecule has 0 unspecified atom stereocenters. The van der Waals surface area contributed by atoms with E-state index in [1.54, 1.807) is 36.4 Å². The van der Waals surface area contributed by atoms with Gasteiger partial charge in [0.15, 0.2) is 5.75 Å². The van der Waals surface area contributed by atoms with Gasteiger partial charge >= 0.3 is 11.9 Å². The molecule has 0 fully saturated rings. The number of para-hydroxylation sites is 2. The van der Waals surface area contributed by atoms with E-state index in [1.807, 2.05) is 12.1 Å². The SMILES string of the molecule is O=C(Nc1ccccc1Oc1ccc(C(=O)O)c(C(=O)O)c1)c1ccccc1I. The number of halogens is 1. The molecule has 0 atom stereocenters. The monoisotopic (exact) mass is 503 g/mol. The molecule has 3 rings (SSSR count). The first kappa shape index (κ1) is 20.3. The molecule has 0 aliphatic heterocycles. The van der Waals surface area contributed by atoms with Crippen LogP contribution in [-0.2, 0) is 0 Å². The Balaban J connectivity index is 1.89. The van der Waals surface area contributed by atoms with Crippen LogP contribution in [0.2, 0.25) is 0 Å². The van der Waals surface area contributed by atoms with Crippen LogP contribution in [0.3, 0.4) is 0 Å². The number of carbonyl (C=O) groups is 3. The fourth-order valence-electron chi connectivity index (χ4n) is 2.57. The normalized spacial score (nSPS) is 10.2. The maximum atomic E-state index is 12.6. The zero-order valence-electron chi connectivity index (χ0n) is 14.8. The van der Waals surface area contributed by atoms with Crippen LogP contribution in [0.5, 0.6) is 11.5 Å². The Morgan fingerprint density at radius 2 is 1.45 bits per heavy atom. The summed E-state index contributed by atoms with van der Waals surface area (Å²) in [5, 5.41) is 21.1. The quantitative estimate of drug-likeness (QED) is 0.420. The molecule has 3 aromatic carbocycles. The fourth-order valence-corrected chi connectivity index (χ4v) is 3.20. The van der Waals surface area contributed by atoms with E-state index in [2.05, 4.69) is 27.9 Å². The van der Waals surface area contributed by atoms with Crippen LogP contribution in [0.1, 0.15) is 31.1 Å². The molecule has 0 saturated carbocycles. The Bertz CT molecular complexity index is 1110. The van der Waals surface area contributed by atoms with Crippen molar-refractivity contribution in [3.8, 4) is 11.5 Å². The standard InChI is InChI=1S/C21H14INO6/c22-16-6-2-1-5-14(16)19(24)23-17-7-3-4-8-18(17)29-12-9-10-13(20(25)26)15(11-12)21(27)28/h1-11H,(H,23,24)(H,25,26)(H,27,28). The molecular weight excluding hydrogens is 489 g/mol. The molecule has 0 heterocycles. The van der Waals surface area contributed by atoms with E-state index in [1.165, 1.54) is 6.07 Å². The average Bonchev–Trinajstić information content (AvgIpc) is 2.69. The van der Waals surface area contributed by atoms with Crippen molar-refractivity contribution in [2.75, 3.05) is 5.32 Å². The van der Waals surface area contributed by atoms with E-state index in [-0.39, 0.29) is 23.0 Å². The topological polar surface area (TPSA) is 113 Å². The highest BCUT2D eigenvalue weighted by molar-refractivity contribution is 14.1. The van der Waals surface area contributed by atoms with Crippen LogP contribution in [0.25, 0.3) is 0 Å². The number of nitrogens with one attached hydrogen (secondary N) is 1. The minimum absolute atomic E-state index is 0.128. The van der Waals surface area contributed by atoms with Gasteiger partial charge in [-0.05, 0) is 65.1 Å². The van der Waals surface area contributed by atoms with Crippen LogP contribution >= 0.6 is 22.6 Å². The van der Waals surface area contributed by atoms with Crippen molar-refractivity contribution in [2.45, 2.75) is 0 Å². The van der Waals surface area contributed by atoms with Crippen molar-refractivity contribution in [3.63, 3.8) is 0 Å². The van der Waals surface area contributed by atoms with Gasteiger partial charge in [-0.15, -0.1) is 0 Å². The van der Waals surface area contributed by atoms with Gasteiger partial charge in [0, 0.05) is 3.57 Å². The highest BCUT2D eigenvalue weighted by atomic mass is 127. The van der Waals surface area contributed by atoms with Gasteiger partial charge in [0.1, 0.15) is 5.75 Å². The summed E-state index contributed by atoms with van der Waals surface area (Å²) in [4.78, 5) is 35.1. The molecule has 8 heteroatoms. The van der Waals surface area contributed by atoms with Crippen molar-refractivity contribution >= 4 is 46.1 Å². The van der Waals surface area contributed by atoms with E-state index in [0.29, 0.717) is 11.3 Å². The molecule has 29 heavy (non-hydrogen) atoms. The molecule has 0 radical (unpaired) electrons. The van der Waals surface area contributed by atoms with Gasteiger partial charge in [-0.1, -0.05) is 24.3 Å². The van der Waals surface area contributed by atoms with Crippen molar-refractivity contribution in [3.05, 3.63) is 87.0 Å². The number of hydrogen-bond acceptors (Lipinski definition) is 4. The Labute approximate surface area is 179 Å². The minimum atomic E-state index is -1.38. The van der Waals surface area contributed by atoms with Crippen LogP contribution in [-0.4, -0.2) is 28.1 Å². The van der Waals surface area contributed by atoms with Crippen molar-refractivity contribution in [1.82, 2.24) is 0 Å². The molecule has 3 aromatic rings. The summed E-state index contributed by atoms with van der Waals surface area (Å²) in [6.45, 7) is 0. The van der Waals surface area contributed by atoms with Gasteiger partial charge in [0.25, 0.3) is 5.91 Å². The van der Waals surface area contributed by atoms with Crippen molar-refractivity contribution in [2.24, 2.45) is 0 Å². The van der Waals surface area contributed by atoms with Gasteiger partial charge in [-0.2, -0.15) is 0 Å². The van der Waals surface area contributed by atoms with Crippen LogP contribution in [0, 0.1) is 3.57 Å². The first-order chi connectivity index (χ1) is 13.9. The maximum absolute atomic E-state index is 12.6. The average molecular weight is 503 g/mol. The lowest BCUT2D eigenvalue weighted by molar-refractivity contribution is 0.0651. The first-order valence-corrected chi connectivity index (χ1v) is 9.38. The molecule has 0 spiro atoms. The third-order valence-electron chi connectivity index (χ3n) is 3.93. The number of hydrogen-bond donors (Lipinski definition) is 3. The summed E-state index contributed by atoms with van der Waals surface area (Å²) >= 11 is 2.07. The summed E-state index contributed by atoms with van der Waals surface area (Å²) in [5.74, 6) is -2.64. The molecule has 1 amide bonds. The van der Waals surface area contributed by atoms with E-state index < -0.39 is 17.5 Å². The summed E-state index contributed by atoms with van der Waals surface area (Å²) in [7, 11) is 0. The number of rotatable bonds is 6. The Morgan fingerprint density at radius 1 is 0.793 bits per heavy atom. The predicted molar refractivity (Wildman–Crippen MR) is 114 cm³/mol. The number of ether oxygens (including phenoxy) is 1. The lowest BCUT2D eigenvalue weighted by Gasteiger charge is -2.13. The molecule has 0 saturated heterocycles. The van der Waals surface area contributed by atoms with Crippen LogP contribution in [0.4, 0.5) is 5.69 Å². The van der Waals surface area contributed by atoms with Gasteiger partial charge in [-0.3, -0.25) is 4.79 Å². The van der Waals surface area contributed by atoms with Crippen molar-refractivity contribution < 1.29 is 29.3 Å². The minimum Gasteiger partial charge on any atom is -0.478 e. The largest absolute Gasteiger partial charge is 0.478 e.